The summed E-state index contributed by atoms with van der Waals surface area (Å²) >= 11 is 5.52. The number of anilines is 1. The summed E-state index contributed by atoms with van der Waals surface area (Å²) in [6.07, 6.45) is 3.91. The average molecular weight is 512 g/mol. The van der Waals surface area contributed by atoms with Gasteiger partial charge in [0, 0.05) is 28.7 Å². The van der Waals surface area contributed by atoms with Crippen LogP contribution in [0.4, 0.5) is 5.69 Å². The molecule has 2 aliphatic heterocycles. The zero-order chi connectivity index (χ0) is 25.5. The second-order valence-corrected chi connectivity index (χ2v) is 9.44. The van der Waals surface area contributed by atoms with Crippen molar-refractivity contribution in [3.8, 4) is 17.2 Å². The molecule has 1 fully saturated rings. The summed E-state index contributed by atoms with van der Waals surface area (Å²) in [7, 11) is 0. The highest BCUT2D eigenvalue weighted by Crippen LogP contribution is 2.35. The third-order valence-electron chi connectivity index (χ3n) is 6.69. The number of carbonyl (C=O) groups excluding carboxylic acids is 1. The van der Waals surface area contributed by atoms with Gasteiger partial charge < -0.3 is 24.1 Å². The molecule has 7 nitrogen and oxygen atoms in total. The van der Waals surface area contributed by atoms with Crippen molar-refractivity contribution < 1.29 is 19.0 Å². The van der Waals surface area contributed by atoms with Crippen LogP contribution < -0.4 is 24.4 Å². The first-order chi connectivity index (χ1) is 18.0. The summed E-state index contributed by atoms with van der Waals surface area (Å²) in [6.45, 7) is 5.40. The van der Waals surface area contributed by atoms with Gasteiger partial charge in [0.25, 0.3) is 5.91 Å². The van der Waals surface area contributed by atoms with E-state index in [-0.39, 0.29) is 12.7 Å². The molecule has 0 unspecified atom stereocenters. The first-order valence-electron chi connectivity index (χ1n) is 12.0. The van der Waals surface area contributed by atoms with E-state index in [1.165, 1.54) is 5.56 Å². The van der Waals surface area contributed by atoms with Crippen LogP contribution in [-0.4, -0.2) is 29.0 Å². The highest BCUT2D eigenvalue weighted by Gasteiger charge is 2.32. The lowest BCUT2D eigenvalue weighted by Crippen LogP contribution is -2.30. The standard InChI is InChI=1S/C29H25N3O4S/c1-18-7-8-21(13-19(18)2)32-28(33)24(30-29(32)37)14-20-16-31(25-6-4-3-5-23(20)25)11-12-34-22-9-10-26-27(15-22)36-17-35-26/h3-10,13-16H,11-12,17H2,1-2H3,(H,30,37)/b24-14-. The monoisotopic (exact) mass is 511 g/mol. The third kappa shape index (κ3) is 4.29. The molecule has 0 aliphatic carbocycles. The van der Waals surface area contributed by atoms with E-state index in [4.69, 9.17) is 26.4 Å². The van der Waals surface area contributed by atoms with Crippen molar-refractivity contribution in [3.63, 3.8) is 0 Å². The number of aryl methyl sites for hydroxylation is 2. The fourth-order valence-electron chi connectivity index (χ4n) is 4.59. The van der Waals surface area contributed by atoms with Crippen molar-refractivity contribution in [2.45, 2.75) is 20.4 Å². The number of benzene rings is 3. The molecule has 0 saturated carbocycles. The normalized spacial score (nSPS) is 15.6. The molecular weight excluding hydrogens is 486 g/mol. The Labute approximate surface area is 219 Å². The number of nitrogens with zero attached hydrogens (tertiary/aromatic N) is 2. The molecule has 3 heterocycles. The number of hydrogen-bond donors (Lipinski definition) is 1. The van der Waals surface area contributed by atoms with Crippen LogP contribution in [0.5, 0.6) is 17.2 Å². The number of amides is 1. The Balaban J connectivity index is 1.24. The maximum Gasteiger partial charge on any atom is 0.281 e. The van der Waals surface area contributed by atoms with Gasteiger partial charge in [-0.2, -0.15) is 0 Å². The maximum atomic E-state index is 13.3. The third-order valence-corrected chi connectivity index (χ3v) is 6.98. The summed E-state index contributed by atoms with van der Waals surface area (Å²) in [5.74, 6) is 1.98. The van der Waals surface area contributed by atoms with Crippen molar-refractivity contribution in [3.05, 3.63) is 89.2 Å². The minimum absolute atomic E-state index is 0.170. The predicted octanol–water partition coefficient (Wildman–Crippen LogP) is 5.33. The van der Waals surface area contributed by atoms with Crippen molar-refractivity contribution >= 4 is 45.9 Å². The molecule has 0 bridgehead atoms. The quantitative estimate of drug-likeness (QED) is 0.279. The molecule has 1 amide bonds. The largest absolute Gasteiger partial charge is 0.492 e. The van der Waals surface area contributed by atoms with Crippen LogP contribution in [0.1, 0.15) is 16.7 Å². The van der Waals surface area contributed by atoms with Gasteiger partial charge >= 0.3 is 0 Å². The van der Waals surface area contributed by atoms with Gasteiger partial charge in [0.2, 0.25) is 6.79 Å². The minimum Gasteiger partial charge on any atom is -0.492 e. The van der Waals surface area contributed by atoms with E-state index in [1.54, 1.807) is 4.90 Å². The number of hydrogen-bond acceptors (Lipinski definition) is 5. The Hall–Kier alpha value is -4.30. The second kappa shape index (κ2) is 9.29. The lowest BCUT2D eigenvalue weighted by Gasteiger charge is -2.15. The molecule has 4 aromatic rings. The van der Waals surface area contributed by atoms with Crippen molar-refractivity contribution in [1.29, 1.82) is 0 Å². The van der Waals surface area contributed by atoms with Gasteiger partial charge in [0.05, 0.1) is 12.2 Å². The molecule has 1 aromatic heterocycles. The number of nitrogens with one attached hydrogen (secondary N) is 1. The first kappa shape index (κ1) is 23.1. The highest BCUT2D eigenvalue weighted by atomic mass is 32.1. The molecule has 186 valence electrons. The molecule has 1 saturated heterocycles. The van der Waals surface area contributed by atoms with E-state index in [0.717, 1.165) is 39.2 Å². The Kier molecular flexibility index (Phi) is 5.81. The molecule has 1 N–H and O–H groups in total. The van der Waals surface area contributed by atoms with Gasteiger partial charge in [-0.05, 0) is 73.6 Å². The molecule has 0 spiro atoms. The van der Waals surface area contributed by atoms with Crippen molar-refractivity contribution in [1.82, 2.24) is 9.88 Å². The molecule has 6 rings (SSSR count). The smallest absolute Gasteiger partial charge is 0.281 e. The van der Waals surface area contributed by atoms with Crippen LogP contribution in [0.15, 0.2) is 72.6 Å². The summed E-state index contributed by atoms with van der Waals surface area (Å²) in [5.41, 5.74) is 5.47. The number of carbonyl (C=O) groups is 1. The number of aromatic nitrogens is 1. The van der Waals surface area contributed by atoms with Crippen molar-refractivity contribution in [2.24, 2.45) is 0 Å². The number of rotatable bonds is 6. The van der Waals surface area contributed by atoms with Crippen LogP contribution in [-0.2, 0) is 11.3 Å². The SMILES string of the molecule is Cc1ccc(N2C(=O)/C(=C/c3cn(CCOc4ccc5c(c4)OCO5)c4ccccc34)NC2=S)cc1C. The Morgan fingerprint density at radius 3 is 2.73 bits per heavy atom. The number of thiocarbonyl (C=S) groups is 1. The van der Waals surface area contributed by atoms with Gasteiger partial charge in [-0.1, -0.05) is 24.3 Å². The van der Waals surface area contributed by atoms with Gasteiger partial charge in [0.15, 0.2) is 16.6 Å². The fraction of sp³-hybridized carbons (Fsp3) is 0.172. The van der Waals surface area contributed by atoms with Gasteiger partial charge in [-0.3, -0.25) is 9.69 Å². The number of fused-ring (bicyclic) bond motifs is 2. The van der Waals surface area contributed by atoms with Crippen molar-refractivity contribution in [2.75, 3.05) is 18.3 Å². The molecule has 0 radical (unpaired) electrons. The minimum atomic E-state index is -0.170. The van der Waals surface area contributed by atoms with E-state index >= 15 is 0 Å². The summed E-state index contributed by atoms with van der Waals surface area (Å²) in [6, 6.07) is 19.6. The Morgan fingerprint density at radius 2 is 1.86 bits per heavy atom. The molecule has 0 atom stereocenters. The lowest BCUT2D eigenvalue weighted by molar-refractivity contribution is -0.113. The van der Waals surface area contributed by atoms with Crippen LogP contribution in [0.2, 0.25) is 0 Å². The lowest BCUT2D eigenvalue weighted by atomic mass is 10.1. The van der Waals surface area contributed by atoms with Crippen LogP contribution >= 0.6 is 12.2 Å². The maximum absolute atomic E-state index is 13.3. The zero-order valence-electron chi connectivity index (χ0n) is 20.5. The first-order valence-corrected chi connectivity index (χ1v) is 12.4. The van der Waals surface area contributed by atoms with E-state index in [9.17, 15) is 4.79 Å². The van der Waals surface area contributed by atoms with E-state index in [2.05, 4.69) is 22.0 Å². The fourth-order valence-corrected chi connectivity index (χ4v) is 4.89. The Bertz CT molecular complexity index is 1590. The van der Waals surface area contributed by atoms with Gasteiger partial charge in [-0.25, -0.2) is 0 Å². The topological polar surface area (TPSA) is 65.0 Å². The second-order valence-electron chi connectivity index (χ2n) is 9.06. The van der Waals surface area contributed by atoms with Crippen LogP contribution in [0.3, 0.4) is 0 Å². The Morgan fingerprint density at radius 1 is 1.03 bits per heavy atom. The highest BCUT2D eigenvalue weighted by molar-refractivity contribution is 7.80. The molecule has 8 heteroatoms. The summed E-state index contributed by atoms with van der Waals surface area (Å²) in [4.78, 5) is 14.9. The number of ether oxygens (including phenoxy) is 3. The predicted molar refractivity (Wildman–Crippen MR) is 147 cm³/mol. The van der Waals surface area contributed by atoms with E-state index < -0.39 is 0 Å². The number of para-hydroxylation sites is 1. The van der Waals surface area contributed by atoms with Gasteiger partial charge in [0.1, 0.15) is 18.1 Å². The van der Waals surface area contributed by atoms with Crippen LogP contribution in [0.25, 0.3) is 17.0 Å². The summed E-state index contributed by atoms with van der Waals surface area (Å²) < 4.78 is 18.9. The van der Waals surface area contributed by atoms with Gasteiger partial charge in [-0.15, -0.1) is 0 Å². The zero-order valence-corrected chi connectivity index (χ0v) is 21.3. The molecule has 3 aromatic carbocycles. The average Bonchev–Trinajstić information content (AvgIpc) is 3.57. The van der Waals surface area contributed by atoms with E-state index in [0.29, 0.717) is 29.7 Å². The summed E-state index contributed by atoms with van der Waals surface area (Å²) in [5, 5.41) is 4.53. The van der Waals surface area contributed by atoms with Crippen LogP contribution in [0, 0.1) is 13.8 Å². The molecular formula is C29H25N3O4S. The molecule has 2 aliphatic rings. The van der Waals surface area contributed by atoms with E-state index in [1.807, 2.05) is 74.7 Å². The molecule has 37 heavy (non-hydrogen) atoms.